The second-order valence-corrected chi connectivity index (χ2v) is 6.90. The van der Waals surface area contributed by atoms with E-state index in [0.717, 1.165) is 50.4 Å². The van der Waals surface area contributed by atoms with Gasteiger partial charge in [-0.05, 0) is 73.7 Å². The fourth-order valence-electron chi connectivity index (χ4n) is 3.48. The first-order valence-corrected chi connectivity index (χ1v) is 8.89. The maximum Gasteiger partial charge on any atom is 0.126 e. The summed E-state index contributed by atoms with van der Waals surface area (Å²) in [7, 11) is 1.68. The number of aliphatic hydroxyl groups excluding tert-OH is 1. The Hall–Kier alpha value is -2.04. The van der Waals surface area contributed by atoms with Crippen LogP contribution in [0.5, 0.6) is 5.75 Å². The Morgan fingerprint density at radius 1 is 1.20 bits per heavy atom. The van der Waals surface area contributed by atoms with Crippen molar-refractivity contribution < 1.29 is 14.3 Å². The van der Waals surface area contributed by atoms with Crippen LogP contribution < -0.4 is 4.74 Å². The van der Waals surface area contributed by atoms with E-state index in [4.69, 9.17) is 9.15 Å². The van der Waals surface area contributed by atoms with Gasteiger partial charge in [0.25, 0.3) is 0 Å². The van der Waals surface area contributed by atoms with Gasteiger partial charge in [-0.1, -0.05) is 18.2 Å². The third kappa shape index (κ3) is 4.74. The SMILES string of the molecule is COc1ccc(CC2(CO)CCN(C/C=C/c3ccco3)CC2)cc1. The van der Waals surface area contributed by atoms with Gasteiger partial charge in [0, 0.05) is 13.2 Å². The van der Waals surface area contributed by atoms with Gasteiger partial charge in [-0.3, -0.25) is 4.90 Å². The predicted molar refractivity (Wildman–Crippen MR) is 99.6 cm³/mol. The molecular formula is C21H27NO3. The lowest BCUT2D eigenvalue weighted by Crippen LogP contribution is -2.43. The van der Waals surface area contributed by atoms with Crippen LogP contribution in [-0.2, 0) is 6.42 Å². The number of piperidine rings is 1. The maximum atomic E-state index is 10.0. The topological polar surface area (TPSA) is 45.8 Å². The van der Waals surface area contributed by atoms with Gasteiger partial charge in [-0.15, -0.1) is 0 Å². The number of ether oxygens (including phenoxy) is 1. The van der Waals surface area contributed by atoms with E-state index in [1.807, 2.05) is 30.3 Å². The van der Waals surface area contributed by atoms with Crippen LogP contribution in [0.25, 0.3) is 6.08 Å². The summed E-state index contributed by atoms with van der Waals surface area (Å²) in [5.41, 5.74) is 1.26. The Balaban J connectivity index is 1.52. The van der Waals surface area contributed by atoms with Crippen LogP contribution in [0.2, 0.25) is 0 Å². The van der Waals surface area contributed by atoms with E-state index in [9.17, 15) is 5.11 Å². The second-order valence-electron chi connectivity index (χ2n) is 6.90. The lowest BCUT2D eigenvalue weighted by atomic mass is 9.74. The molecule has 1 aliphatic rings. The first-order valence-electron chi connectivity index (χ1n) is 8.89. The van der Waals surface area contributed by atoms with Gasteiger partial charge in [-0.2, -0.15) is 0 Å². The van der Waals surface area contributed by atoms with Gasteiger partial charge in [0.1, 0.15) is 11.5 Å². The minimum Gasteiger partial charge on any atom is -0.497 e. The molecule has 3 rings (SSSR count). The molecule has 0 atom stereocenters. The minimum absolute atomic E-state index is 0.00415. The van der Waals surface area contributed by atoms with Crippen LogP contribution in [0.4, 0.5) is 0 Å². The standard InChI is InChI=1S/C21H27NO3/c1-24-19-8-6-18(7-9-19)16-21(17-23)10-13-22(14-11-21)12-2-4-20-5-3-15-25-20/h2-9,15,23H,10-14,16-17H2,1H3/b4-2+. The molecule has 134 valence electrons. The van der Waals surface area contributed by atoms with Crippen molar-refractivity contribution in [1.82, 2.24) is 4.90 Å². The Kier molecular flexibility index (Phi) is 5.95. The predicted octanol–water partition coefficient (Wildman–Crippen LogP) is 3.62. The number of methoxy groups -OCH3 is 1. The Bertz CT molecular complexity index is 653. The van der Waals surface area contributed by atoms with E-state index >= 15 is 0 Å². The van der Waals surface area contributed by atoms with Gasteiger partial charge in [-0.25, -0.2) is 0 Å². The highest BCUT2D eigenvalue weighted by atomic mass is 16.5. The van der Waals surface area contributed by atoms with Gasteiger partial charge in [0.05, 0.1) is 13.4 Å². The minimum atomic E-state index is -0.00415. The molecule has 4 nitrogen and oxygen atoms in total. The van der Waals surface area contributed by atoms with Crippen LogP contribution in [0.3, 0.4) is 0 Å². The molecule has 1 aromatic heterocycles. The number of likely N-dealkylation sites (tertiary alicyclic amines) is 1. The highest BCUT2D eigenvalue weighted by Crippen LogP contribution is 2.35. The molecule has 0 unspecified atom stereocenters. The zero-order chi connectivity index (χ0) is 17.5. The molecule has 1 saturated heterocycles. The largest absolute Gasteiger partial charge is 0.497 e. The number of hydrogen-bond acceptors (Lipinski definition) is 4. The van der Waals surface area contributed by atoms with Crippen LogP contribution in [-0.4, -0.2) is 43.4 Å². The summed E-state index contributed by atoms with van der Waals surface area (Å²) in [5.74, 6) is 1.76. The number of benzene rings is 1. The van der Waals surface area contributed by atoms with Crippen molar-refractivity contribution in [3.63, 3.8) is 0 Å². The Morgan fingerprint density at radius 2 is 1.96 bits per heavy atom. The van der Waals surface area contributed by atoms with Crippen molar-refractivity contribution in [3.05, 3.63) is 60.1 Å². The van der Waals surface area contributed by atoms with E-state index in [-0.39, 0.29) is 12.0 Å². The summed E-state index contributed by atoms with van der Waals surface area (Å²) >= 11 is 0. The molecule has 0 aliphatic carbocycles. The van der Waals surface area contributed by atoms with Crippen LogP contribution >= 0.6 is 0 Å². The van der Waals surface area contributed by atoms with Gasteiger partial charge in [0.2, 0.25) is 0 Å². The lowest BCUT2D eigenvalue weighted by molar-refractivity contribution is 0.0483. The van der Waals surface area contributed by atoms with Crippen molar-refractivity contribution in [2.45, 2.75) is 19.3 Å². The molecule has 0 saturated carbocycles. The maximum absolute atomic E-state index is 10.0. The molecule has 2 heterocycles. The molecule has 4 heteroatoms. The monoisotopic (exact) mass is 341 g/mol. The van der Waals surface area contributed by atoms with E-state index in [2.05, 4.69) is 23.1 Å². The fraction of sp³-hybridized carbons (Fsp3) is 0.429. The molecule has 0 bridgehead atoms. The van der Waals surface area contributed by atoms with E-state index in [1.54, 1.807) is 13.4 Å². The average molecular weight is 341 g/mol. The molecule has 0 radical (unpaired) electrons. The van der Waals surface area contributed by atoms with Gasteiger partial charge >= 0.3 is 0 Å². The highest BCUT2D eigenvalue weighted by Gasteiger charge is 2.33. The zero-order valence-corrected chi connectivity index (χ0v) is 14.9. The van der Waals surface area contributed by atoms with Crippen molar-refractivity contribution in [3.8, 4) is 5.75 Å². The second kappa shape index (κ2) is 8.37. The average Bonchev–Trinajstić information content (AvgIpc) is 3.17. The number of rotatable bonds is 7. The molecule has 0 spiro atoms. The molecule has 0 amide bonds. The Morgan fingerprint density at radius 3 is 2.56 bits per heavy atom. The highest BCUT2D eigenvalue weighted by molar-refractivity contribution is 5.42. The van der Waals surface area contributed by atoms with E-state index in [0.29, 0.717) is 0 Å². The molecule has 1 aliphatic heterocycles. The van der Waals surface area contributed by atoms with Crippen LogP contribution in [0, 0.1) is 5.41 Å². The van der Waals surface area contributed by atoms with Crippen molar-refractivity contribution in [2.24, 2.45) is 5.41 Å². The summed E-state index contributed by atoms with van der Waals surface area (Å²) in [5, 5.41) is 10.0. The number of hydrogen-bond donors (Lipinski definition) is 1. The van der Waals surface area contributed by atoms with Gasteiger partial charge in [0.15, 0.2) is 0 Å². The van der Waals surface area contributed by atoms with E-state index < -0.39 is 0 Å². The quantitative estimate of drug-likeness (QED) is 0.835. The number of furan rings is 1. The van der Waals surface area contributed by atoms with E-state index in [1.165, 1.54) is 5.56 Å². The normalized spacial score (nSPS) is 17.8. The molecule has 1 N–H and O–H groups in total. The molecule has 2 aromatic rings. The first kappa shape index (κ1) is 17.8. The fourth-order valence-corrected chi connectivity index (χ4v) is 3.48. The van der Waals surface area contributed by atoms with Crippen molar-refractivity contribution in [1.29, 1.82) is 0 Å². The number of nitrogens with zero attached hydrogens (tertiary/aromatic N) is 1. The van der Waals surface area contributed by atoms with Crippen molar-refractivity contribution in [2.75, 3.05) is 33.4 Å². The number of aliphatic hydroxyl groups is 1. The van der Waals surface area contributed by atoms with Crippen molar-refractivity contribution >= 4 is 6.08 Å². The smallest absolute Gasteiger partial charge is 0.126 e. The Labute approximate surface area is 149 Å². The van der Waals surface area contributed by atoms with Crippen LogP contribution in [0.15, 0.2) is 53.2 Å². The van der Waals surface area contributed by atoms with Gasteiger partial charge < -0.3 is 14.3 Å². The molecule has 1 aromatic carbocycles. The summed E-state index contributed by atoms with van der Waals surface area (Å²) < 4.78 is 10.5. The zero-order valence-electron chi connectivity index (χ0n) is 14.9. The summed E-state index contributed by atoms with van der Waals surface area (Å²) in [6.07, 6.45) is 8.81. The first-order chi connectivity index (χ1) is 12.2. The van der Waals surface area contributed by atoms with Crippen LogP contribution in [0.1, 0.15) is 24.2 Å². The third-order valence-corrected chi connectivity index (χ3v) is 5.18. The lowest BCUT2D eigenvalue weighted by Gasteiger charge is -2.40. The molecular weight excluding hydrogens is 314 g/mol. The summed E-state index contributed by atoms with van der Waals surface area (Å²) in [4.78, 5) is 2.43. The summed E-state index contributed by atoms with van der Waals surface area (Å²) in [6.45, 7) is 3.19. The molecule has 25 heavy (non-hydrogen) atoms. The third-order valence-electron chi connectivity index (χ3n) is 5.18. The summed E-state index contributed by atoms with van der Waals surface area (Å²) in [6, 6.07) is 12.1. The molecule has 1 fully saturated rings.